The van der Waals surface area contributed by atoms with Gasteiger partial charge in [-0.25, -0.2) is 0 Å². The zero-order chi connectivity index (χ0) is 13.8. The number of carbonyl (C=O) groups is 1. The zero-order valence-electron chi connectivity index (χ0n) is 10.0. The summed E-state index contributed by atoms with van der Waals surface area (Å²) in [6, 6.07) is -0.00489. The number of aromatic nitrogens is 2. The van der Waals surface area contributed by atoms with E-state index in [1.807, 2.05) is 12.2 Å². The van der Waals surface area contributed by atoms with E-state index in [0.29, 0.717) is 12.2 Å². The Bertz CT molecular complexity index is 508. The molecule has 0 bridgehead atoms. The summed E-state index contributed by atoms with van der Waals surface area (Å²) in [6.45, 7) is 0.0980. The number of rotatable bonds is 5. The number of carbonyl (C=O) groups excluding carboxylic acids is 1. The fourth-order valence-electron chi connectivity index (χ4n) is 1.93. The molecule has 0 fully saturated rings. The molecule has 7 nitrogen and oxygen atoms in total. The van der Waals surface area contributed by atoms with Crippen LogP contribution in [-0.2, 0) is 4.79 Å². The van der Waals surface area contributed by atoms with Crippen LogP contribution in [0, 0.1) is 5.92 Å². The number of aliphatic hydroxyl groups excluding tert-OH is 1. The lowest BCUT2D eigenvalue weighted by Crippen LogP contribution is -2.19. The Kier molecular flexibility index (Phi) is 4.18. The zero-order valence-corrected chi connectivity index (χ0v) is 10.8. The number of hydrogen-bond donors (Lipinski definition) is 4. The number of nitrogens with two attached hydrogens (primary N) is 1. The van der Waals surface area contributed by atoms with Gasteiger partial charge in [-0.3, -0.25) is 4.79 Å². The van der Waals surface area contributed by atoms with Crippen molar-refractivity contribution in [1.82, 2.24) is 9.97 Å². The van der Waals surface area contributed by atoms with Crippen molar-refractivity contribution in [2.24, 2.45) is 5.92 Å². The summed E-state index contributed by atoms with van der Waals surface area (Å²) >= 11 is 5.90. The fourth-order valence-corrected chi connectivity index (χ4v) is 2.16. The topological polar surface area (TPSA) is 113 Å². The van der Waals surface area contributed by atoms with Gasteiger partial charge >= 0.3 is 0 Å². The van der Waals surface area contributed by atoms with E-state index in [1.165, 1.54) is 0 Å². The second-order valence-corrected chi connectivity index (χ2v) is 4.53. The first-order valence-corrected chi connectivity index (χ1v) is 6.10. The van der Waals surface area contributed by atoms with Gasteiger partial charge in [-0.05, 0) is 6.42 Å². The van der Waals surface area contributed by atoms with Crippen LogP contribution in [0.15, 0.2) is 12.2 Å². The molecule has 0 radical (unpaired) electrons. The van der Waals surface area contributed by atoms with Crippen molar-refractivity contribution < 1.29 is 9.90 Å². The van der Waals surface area contributed by atoms with Crippen LogP contribution in [0.1, 0.15) is 6.42 Å². The van der Waals surface area contributed by atoms with Gasteiger partial charge in [0.25, 0.3) is 0 Å². The molecule has 1 heterocycles. The minimum absolute atomic E-state index is 0.00489. The van der Waals surface area contributed by atoms with Crippen molar-refractivity contribution in [3.63, 3.8) is 0 Å². The molecule has 19 heavy (non-hydrogen) atoms. The van der Waals surface area contributed by atoms with Crippen LogP contribution >= 0.6 is 11.6 Å². The molecule has 5 N–H and O–H groups in total. The first-order chi connectivity index (χ1) is 9.13. The smallest absolute Gasteiger partial charge is 0.223 e. The predicted molar refractivity (Wildman–Crippen MR) is 72.9 cm³/mol. The van der Waals surface area contributed by atoms with E-state index in [1.54, 1.807) is 0 Å². The number of nitrogen functional groups attached to an aromatic ring is 1. The fraction of sp³-hybridized carbons (Fsp3) is 0.364. The lowest BCUT2D eigenvalue weighted by atomic mass is 10.1. The Morgan fingerprint density at radius 2 is 2.32 bits per heavy atom. The summed E-state index contributed by atoms with van der Waals surface area (Å²) in [5.74, 6) is 0.497. The third kappa shape index (κ3) is 3.12. The van der Waals surface area contributed by atoms with Crippen molar-refractivity contribution in [2.45, 2.75) is 12.5 Å². The Morgan fingerprint density at radius 3 is 2.95 bits per heavy atom. The maximum atomic E-state index is 10.6. The summed E-state index contributed by atoms with van der Waals surface area (Å²) in [7, 11) is 0. The van der Waals surface area contributed by atoms with Crippen LogP contribution in [0.25, 0.3) is 0 Å². The van der Waals surface area contributed by atoms with E-state index >= 15 is 0 Å². The summed E-state index contributed by atoms with van der Waals surface area (Å²) < 4.78 is 0. The predicted octanol–water partition coefficient (Wildman–Crippen LogP) is 0.629. The number of anilines is 3. The maximum Gasteiger partial charge on any atom is 0.223 e. The van der Waals surface area contributed by atoms with E-state index in [4.69, 9.17) is 22.4 Å². The summed E-state index contributed by atoms with van der Waals surface area (Å²) in [5.41, 5.74) is 5.82. The van der Waals surface area contributed by atoms with Crippen LogP contribution in [-0.4, -0.2) is 34.1 Å². The summed E-state index contributed by atoms with van der Waals surface area (Å²) in [5, 5.41) is 14.7. The number of halogens is 1. The normalized spacial score (nSPS) is 21.4. The number of nitrogens with zero attached hydrogens (tertiary/aromatic N) is 2. The molecule has 0 aromatic carbocycles. The number of aliphatic hydroxyl groups is 1. The lowest BCUT2D eigenvalue weighted by molar-refractivity contribution is -0.105. The van der Waals surface area contributed by atoms with Crippen molar-refractivity contribution in [3.8, 4) is 0 Å². The first kappa shape index (κ1) is 13.6. The van der Waals surface area contributed by atoms with Gasteiger partial charge in [0.05, 0.1) is 0 Å². The average Bonchev–Trinajstić information content (AvgIpc) is 2.81. The van der Waals surface area contributed by atoms with Crippen molar-refractivity contribution in [2.75, 3.05) is 23.0 Å². The Morgan fingerprint density at radius 1 is 1.53 bits per heavy atom. The quantitative estimate of drug-likeness (QED) is 0.358. The monoisotopic (exact) mass is 283 g/mol. The highest BCUT2D eigenvalue weighted by Gasteiger charge is 2.20. The first-order valence-electron chi connectivity index (χ1n) is 5.73. The van der Waals surface area contributed by atoms with Gasteiger partial charge in [-0.2, -0.15) is 9.97 Å². The largest absolute Gasteiger partial charge is 0.396 e. The van der Waals surface area contributed by atoms with Crippen molar-refractivity contribution in [1.29, 1.82) is 0 Å². The minimum Gasteiger partial charge on any atom is -0.396 e. The lowest BCUT2D eigenvalue weighted by Gasteiger charge is -2.16. The highest BCUT2D eigenvalue weighted by Crippen LogP contribution is 2.30. The van der Waals surface area contributed by atoms with E-state index in [9.17, 15) is 4.79 Å². The Hall–Kier alpha value is -1.86. The van der Waals surface area contributed by atoms with Crippen LogP contribution in [0.3, 0.4) is 0 Å². The standard InChI is InChI=1S/C11H14ClN5O2/c12-9-8(14-5-19)10(17-11(13)16-9)15-7-2-1-6(3-7)4-18/h1-2,5-7,18H,3-4H2,(H,14,19)(H3,13,15,16,17)/t6-,7?/m1/s1. The number of amides is 1. The molecule has 0 saturated carbocycles. The molecule has 2 atom stereocenters. The molecule has 2 rings (SSSR count). The van der Waals surface area contributed by atoms with E-state index in [-0.39, 0.29) is 35.4 Å². The van der Waals surface area contributed by atoms with Gasteiger partial charge in [0, 0.05) is 18.6 Å². The number of hydrogen-bond acceptors (Lipinski definition) is 6. The van der Waals surface area contributed by atoms with E-state index in [0.717, 1.165) is 6.42 Å². The molecule has 1 amide bonds. The Labute approximate surface area is 114 Å². The molecule has 0 spiro atoms. The van der Waals surface area contributed by atoms with Gasteiger partial charge in [-0.1, -0.05) is 23.8 Å². The van der Waals surface area contributed by atoms with Gasteiger partial charge in [-0.15, -0.1) is 0 Å². The number of nitrogens with one attached hydrogen (secondary N) is 2. The van der Waals surface area contributed by atoms with E-state index < -0.39 is 0 Å². The SMILES string of the molecule is Nc1nc(Cl)c(NC=O)c(NC2C=C[C@@H](CO)C2)n1. The minimum atomic E-state index is -0.00489. The van der Waals surface area contributed by atoms with Crippen molar-refractivity contribution >= 4 is 35.5 Å². The van der Waals surface area contributed by atoms with Gasteiger partial charge in [0.2, 0.25) is 12.4 Å². The highest BCUT2D eigenvalue weighted by atomic mass is 35.5. The van der Waals surface area contributed by atoms with Gasteiger partial charge in [0.1, 0.15) is 5.69 Å². The second-order valence-electron chi connectivity index (χ2n) is 4.17. The van der Waals surface area contributed by atoms with Crippen molar-refractivity contribution in [3.05, 3.63) is 17.3 Å². The molecular weight excluding hydrogens is 270 g/mol. The molecule has 1 aromatic rings. The molecule has 1 aromatic heterocycles. The molecular formula is C11H14ClN5O2. The molecule has 8 heteroatoms. The van der Waals surface area contributed by atoms with Gasteiger partial charge in [0.15, 0.2) is 11.0 Å². The van der Waals surface area contributed by atoms with E-state index in [2.05, 4.69) is 20.6 Å². The molecule has 102 valence electrons. The second kappa shape index (κ2) is 5.85. The van der Waals surface area contributed by atoms with Gasteiger partial charge < -0.3 is 21.5 Å². The third-order valence-corrected chi connectivity index (χ3v) is 3.09. The molecule has 1 aliphatic carbocycles. The molecule has 1 aliphatic rings. The summed E-state index contributed by atoms with van der Waals surface area (Å²) in [4.78, 5) is 18.4. The highest BCUT2D eigenvalue weighted by molar-refractivity contribution is 6.33. The average molecular weight is 284 g/mol. The molecule has 0 saturated heterocycles. The van der Waals surface area contributed by atoms with Crippen LogP contribution < -0.4 is 16.4 Å². The molecule has 1 unspecified atom stereocenters. The summed E-state index contributed by atoms with van der Waals surface area (Å²) in [6.07, 6.45) is 5.08. The molecule has 0 aliphatic heterocycles. The Balaban J connectivity index is 2.19. The van der Waals surface area contributed by atoms with Crippen LogP contribution in [0.2, 0.25) is 5.15 Å². The maximum absolute atomic E-state index is 10.6. The van der Waals surface area contributed by atoms with Crippen LogP contribution in [0.5, 0.6) is 0 Å². The third-order valence-electron chi connectivity index (χ3n) is 2.81. The van der Waals surface area contributed by atoms with Crippen LogP contribution in [0.4, 0.5) is 17.5 Å².